The number of carbonyl (C=O) groups excluding carboxylic acids is 4. The van der Waals surface area contributed by atoms with Crippen molar-refractivity contribution >= 4 is 24.2 Å². The largest absolute Gasteiger partial charge is 0.456 e. The Labute approximate surface area is 206 Å². The van der Waals surface area contributed by atoms with Crippen LogP contribution in [0.15, 0.2) is 53.8 Å². The van der Waals surface area contributed by atoms with Crippen LogP contribution in [-0.4, -0.2) is 41.9 Å². The molecule has 2 aromatic carbocycles. The minimum atomic E-state index is -0.554. The maximum atomic E-state index is 12.0. The molecule has 2 aromatic rings. The fourth-order valence-electron chi connectivity index (χ4n) is 2.61. The summed E-state index contributed by atoms with van der Waals surface area (Å²) in [4.78, 5) is 54.8. The van der Waals surface area contributed by atoms with E-state index < -0.39 is 11.6 Å². The first kappa shape index (κ1) is 31.1. The van der Waals surface area contributed by atoms with E-state index in [0.717, 1.165) is 16.1 Å². The summed E-state index contributed by atoms with van der Waals surface area (Å²) < 4.78 is 5.29. The Hall–Kier alpha value is -3.88. The van der Waals surface area contributed by atoms with Gasteiger partial charge in [0.05, 0.1) is 10.8 Å². The van der Waals surface area contributed by atoms with Gasteiger partial charge in [-0.2, -0.15) is 5.01 Å². The molecule has 0 aliphatic heterocycles. The van der Waals surface area contributed by atoms with E-state index in [2.05, 4.69) is 10.6 Å². The Bertz CT molecular complexity index is 999. The molecule has 0 bridgehead atoms. The first-order valence-corrected chi connectivity index (χ1v) is 11.2. The Kier molecular flexibility index (Phi) is 14.1. The van der Waals surface area contributed by atoms with Crippen LogP contribution < -0.4 is 5.32 Å². The lowest BCUT2D eigenvalue weighted by molar-refractivity contribution is -0.130. The van der Waals surface area contributed by atoms with Crippen molar-refractivity contribution < 1.29 is 23.9 Å². The third-order valence-corrected chi connectivity index (χ3v) is 4.25. The van der Waals surface area contributed by atoms with Crippen molar-refractivity contribution in [1.82, 2.24) is 10.3 Å². The minimum Gasteiger partial charge on any atom is -0.456 e. The normalized spacial score (nSPS) is 9.80. The summed E-state index contributed by atoms with van der Waals surface area (Å²) in [5.74, 6) is -1.13. The van der Waals surface area contributed by atoms with Crippen LogP contribution in [0.5, 0.6) is 0 Å². The molecule has 2 rings (SSSR count). The molecule has 0 heterocycles. The van der Waals surface area contributed by atoms with Crippen LogP contribution in [0.3, 0.4) is 0 Å². The maximum Gasteiger partial charge on any atom is 0.338 e. The van der Waals surface area contributed by atoms with Gasteiger partial charge in [-0.3, -0.25) is 19.7 Å². The lowest BCUT2D eigenvalue weighted by Gasteiger charge is -2.19. The molecule has 9 nitrogen and oxygen atoms in total. The van der Waals surface area contributed by atoms with Gasteiger partial charge in [-0.15, -0.1) is 4.91 Å². The van der Waals surface area contributed by atoms with Crippen LogP contribution in [0.2, 0.25) is 0 Å². The molecule has 0 aromatic heterocycles. The molecule has 0 atom stereocenters. The van der Waals surface area contributed by atoms with Crippen molar-refractivity contribution in [2.24, 2.45) is 5.29 Å². The summed E-state index contributed by atoms with van der Waals surface area (Å²) in [7, 11) is 1.31. The molecule has 0 saturated heterocycles. The van der Waals surface area contributed by atoms with Crippen molar-refractivity contribution in [3.8, 4) is 0 Å². The number of imide groups is 1. The lowest BCUT2D eigenvalue weighted by atomic mass is 10.1. The fourth-order valence-corrected chi connectivity index (χ4v) is 2.61. The zero-order valence-electron chi connectivity index (χ0n) is 21.5. The van der Waals surface area contributed by atoms with Gasteiger partial charge in [0.25, 0.3) is 5.91 Å². The summed E-state index contributed by atoms with van der Waals surface area (Å²) in [5.41, 5.74) is 2.10. The second-order valence-corrected chi connectivity index (χ2v) is 8.11. The number of rotatable bonds is 7. The van der Waals surface area contributed by atoms with Crippen LogP contribution >= 0.6 is 0 Å². The van der Waals surface area contributed by atoms with Gasteiger partial charge < -0.3 is 4.74 Å². The first-order chi connectivity index (χ1) is 16.5. The molecule has 0 aliphatic rings. The van der Waals surface area contributed by atoms with Crippen molar-refractivity contribution in [3.63, 3.8) is 0 Å². The van der Waals surface area contributed by atoms with Crippen LogP contribution in [0.1, 0.15) is 72.9 Å². The van der Waals surface area contributed by atoms with Crippen LogP contribution in [0.4, 0.5) is 0 Å². The molecular weight excluding hydrogens is 450 g/mol. The topological polar surface area (TPSA) is 122 Å². The van der Waals surface area contributed by atoms with E-state index in [1.165, 1.54) is 7.05 Å². The van der Waals surface area contributed by atoms with E-state index in [1.807, 2.05) is 39.0 Å². The molecule has 3 amide bonds. The van der Waals surface area contributed by atoms with Crippen molar-refractivity contribution in [3.05, 3.63) is 75.7 Å². The molecule has 35 heavy (non-hydrogen) atoms. The van der Waals surface area contributed by atoms with Gasteiger partial charge in [-0.25, -0.2) is 4.79 Å². The Balaban J connectivity index is 0.000000698. The number of esters is 1. The number of hydrogen-bond acceptors (Lipinski definition) is 7. The molecular formula is C26H35N3O6. The number of amides is 3. The average molecular weight is 486 g/mol. The van der Waals surface area contributed by atoms with E-state index in [-0.39, 0.29) is 18.2 Å². The predicted octanol–water partition coefficient (Wildman–Crippen LogP) is 4.62. The number of carbonyl (C=O) groups is 4. The number of nitroso groups, excluding NO2 is 1. The highest BCUT2D eigenvalue weighted by Crippen LogP contribution is 2.14. The second-order valence-electron chi connectivity index (χ2n) is 8.11. The lowest BCUT2D eigenvalue weighted by Crippen LogP contribution is -2.24. The van der Waals surface area contributed by atoms with Crippen molar-refractivity contribution in [1.29, 1.82) is 0 Å². The van der Waals surface area contributed by atoms with Gasteiger partial charge in [0, 0.05) is 19.0 Å². The standard InChI is InChI=1S/C15H20N2O4.C9H9NO2.C2H6/c1-15(2,3)21-14(19)12-7-5-6-11(10-12)8-9-13(18)17(4)16-20;1-7-4-2-3-5-8(7)9(12)10-6-11;1-2/h5-7,10H,8-9H2,1-4H3;2-6H,1H3,(H,10,11,12);1-2H3. The summed E-state index contributed by atoms with van der Waals surface area (Å²) in [6, 6.07) is 14.0. The number of aryl methyl sites for hydroxylation is 2. The molecule has 190 valence electrons. The number of nitrogens with zero attached hydrogens (tertiary/aromatic N) is 2. The van der Waals surface area contributed by atoms with Gasteiger partial charge in [-0.1, -0.05) is 44.2 Å². The quantitative estimate of drug-likeness (QED) is 0.264. The molecule has 0 fully saturated rings. The van der Waals surface area contributed by atoms with Crippen molar-refractivity contribution in [2.45, 2.75) is 60.0 Å². The minimum absolute atomic E-state index is 0.153. The Morgan fingerprint density at radius 2 is 1.69 bits per heavy atom. The van der Waals surface area contributed by atoms with Crippen molar-refractivity contribution in [2.75, 3.05) is 7.05 Å². The summed E-state index contributed by atoms with van der Waals surface area (Å²) in [5, 5.41) is 5.39. The molecule has 0 aliphatic carbocycles. The summed E-state index contributed by atoms with van der Waals surface area (Å²) >= 11 is 0. The SMILES string of the molecule is CC.CN(N=O)C(=O)CCc1cccc(C(=O)OC(C)(C)C)c1.Cc1ccccc1C(=O)NC=O. The van der Waals surface area contributed by atoms with Gasteiger partial charge in [0.2, 0.25) is 12.3 Å². The smallest absolute Gasteiger partial charge is 0.338 e. The van der Waals surface area contributed by atoms with Gasteiger partial charge in [0.1, 0.15) is 5.60 Å². The molecule has 0 radical (unpaired) electrons. The van der Waals surface area contributed by atoms with E-state index in [9.17, 15) is 24.1 Å². The van der Waals surface area contributed by atoms with E-state index >= 15 is 0 Å². The summed E-state index contributed by atoms with van der Waals surface area (Å²) in [6.07, 6.45) is 0.962. The third kappa shape index (κ3) is 12.2. The van der Waals surface area contributed by atoms with Crippen LogP contribution in [-0.2, 0) is 20.7 Å². The van der Waals surface area contributed by atoms with Crippen LogP contribution in [0.25, 0.3) is 0 Å². The number of ether oxygens (including phenoxy) is 1. The molecule has 0 saturated carbocycles. The highest BCUT2D eigenvalue weighted by Gasteiger charge is 2.18. The second kappa shape index (κ2) is 15.9. The highest BCUT2D eigenvalue weighted by atomic mass is 16.6. The summed E-state index contributed by atoms with van der Waals surface area (Å²) in [6.45, 7) is 11.2. The first-order valence-electron chi connectivity index (χ1n) is 11.2. The maximum absolute atomic E-state index is 12.0. The molecule has 0 spiro atoms. The van der Waals surface area contributed by atoms with Gasteiger partial charge in [0.15, 0.2) is 0 Å². The zero-order chi connectivity index (χ0) is 27.0. The highest BCUT2D eigenvalue weighted by molar-refractivity contribution is 6.00. The molecule has 0 unspecified atom stereocenters. The Morgan fingerprint density at radius 1 is 1.06 bits per heavy atom. The van der Waals surface area contributed by atoms with Crippen LogP contribution in [0, 0.1) is 11.8 Å². The zero-order valence-corrected chi connectivity index (χ0v) is 21.5. The van der Waals surface area contributed by atoms with E-state index in [1.54, 1.807) is 51.1 Å². The van der Waals surface area contributed by atoms with E-state index in [4.69, 9.17) is 4.74 Å². The molecule has 1 N–H and O–H groups in total. The number of hydrogen-bond donors (Lipinski definition) is 1. The Morgan fingerprint density at radius 3 is 2.23 bits per heavy atom. The number of benzene rings is 2. The predicted molar refractivity (Wildman–Crippen MR) is 135 cm³/mol. The monoisotopic (exact) mass is 485 g/mol. The molecule has 9 heteroatoms. The number of nitrogens with one attached hydrogen (secondary N) is 1. The average Bonchev–Trinajstić information content (AvgIpc) is 2.83. The fraction of sp³-hybridized carbons (Fsp3) is 0.385. The van der Waals surface area contributed by atoms with Gasteiger partial charge in [-0.05, 0) is 63.4 Å². The third-order valence-electron chi connectivity index (χ3n) is 4.25. The van der Waals surface area contributed by atoms with Gasteiger partial charge >= 0.3 is 5.97 Å². The van der Waals surface area contributed by atoms with E-state index in [0.29, 0.717) is 24.0 Å².